The Morgan fingerprint density at radius 3 is 2.38 bits per heavy atom. The lowest BCUT2D eigenvalue weighted by Gasteiger charge is -2.35. The number of fused-ring (bicyclic) bond motifs is 1. The molecule has 160 valence electrons. The number of aromatic nitrogens is 2. The summed E-state index contributed by atoms with van der Waals surface area (Å²) in [6, 6.07) is 18.1. The number of benzene rings is 2. The van der Waals surface area contributed by atoms with E-state index in [0.29, 0.717) is 31.7 Å². The molecule has 1 saturated heterocycles. The van der Waals surface area contributed by atoms with Gasteiger partial charge < -0.3 is 9.80 Å². The molecule has 0 N–H and O–H groups in total. The molecular formula is C23H19N5O3S. The number of hydrogen-bond acceptors (Lipinski definition) is 7. The predicted molar refractivity (Wildman–Crippen MR) is 124 cm³/mol. The Morgan fingerprint density at radius 2 is 1.69 bits per heavy atom. The van der Waals surface area contributed by atoms with Crippen LogP contribution in [0.1, 0.15) is 10.4 Å². The van der Waals surface area contributed by atoms with Crippen LogP contribution in [0.2, 0.25) is 0 Å². The van der Waals surface area contributed by atoms with Crippen molar-refractivity contribution < 1.29 is 9.72 Å². The summed E-state index contributed by atoms with van der Waals surface area (Å²) in [5.74, 6) is 0.769. The van der Waals surface area contributed by atoms with Gasteiger partial charge in [-0.25, -0.2) is 9.97 Å². The first-order valence-electron chi connectivity index (χ1n) is 10.2. The molecular weight excluding hydrogens is 426 g/mol. The number of hydrogen-bond donors (Lipinski definition) is 0. The fraction of sp³-hybridized carbons (Fsp3) is 0.174. The molecule has 32 heavy (non-hydrogen) atoms. The van der Waals surface area contributed by atoms with Crippen molar-refractivity contribution >= 4 is 39.0 Å². The standard InChI is InChI=1S/C23H19N5O3S/c29-23(17-6-8-18(9-7-17)28(30)31)27-12-10-26(11-13-27)21-19-14-20(16-4-2-1-3-5-16)32-22(19)25-15-24-21/h1-9,14-15H,10-13H2. The predicted octanol–water partition coefficient (Wildman–Crippen LogP) is 4.23. The zero-order valence-corrected chi connectivity index (χ0v) is 17.9. The summed E-state index contributed by atoms with van der Waals surface area (Å²) in [6.07, 6.45) is 1.59. The molecule has 0 saturated carbocycles. The summed E-state index contributed by atoms with van der Waals surface area (Å²) < 4.78 is 0. The van der Waals surface area contributed by atoms with Crippen molar-refractivity contribution in [2.24, 2.45) is 0 Å². The second-order valence-corrected chi connectivity index (χ2v) is 8.51. The van der Waals surface area contributed by atoms with Crippen LogP contribution in [0.25, 0.3) is 20.7 Å². The third kappa shape index (κ3) is 3.78. The van der Waals surface area contributed by atoms with E-state index < -0.39 is 4.92 Å². The zero-order valence-electron chi connectivity index (χ0n) is 17.0. The molecule has 1 fully saturated rings. The largest absolute Gasteiger partial charge is 0.352 e. The van der Waals surface area contributed by atoms with E-state index in [0.717, 1.165) is 26.5 Å². The SMILES string of the molecule is O=C(c1ccc([N+](=O)[O-])cc1)N1CCN(c2ncnc3sc(-c4ccccc4)cc23)CC1. The maximum Gasteiger partial charge on any atom is 0.269 e. The molecule has 0 spiro atoms. The van der Waals surface area contributed by atoms with Crippen LogP contribution < -0.4 is 4.90 Å². The molecule has 0 aliphatic carbocycles. The fourth-order valence-corrected chi connectivity index (χ4v) is 4.87. The van der Waals surface area contributed by atoms with Crippen LogP contribution in [-0.2, 0) is 0 Å². The summed E-state index contributed by atoms with van der Waals surface area (Å²) in [5, 5.41) is 11.8. The summed E-state index contributed by atoms with van der Waals surface area (Å²) >= 11 is 1.64. The number of carbonyl (C=O) groups is 1. The number of nitro groups is 1. The van der Waals surface area contributed by atoms with Gasteiger partial charge in [0, 0.05) is 48.8 Å². The van der Waals surface area contributed by atoms with Crippen molar-refractivity contribution in [2.45, 2.75) is 0 Å². The molecule has 0 atom stereocenters. The average Bonchev–Trinajstić information content (AvgIpc) is 3.29. The zero-order chi connectivity index (χ0) is 22.1. The highest BCUT2D eigenvalue weighted by Crippen LogP contribution is 2.36. The van der Waals surface area contributed by atoms with Gasteiger partial charge in [-0.2, -0.15) is 0 Å². The van der Waals surface area contributed by atoms with Gasteiger partial charge in [0.15, 0.2) is 0 Å². The maximum absolute atomic E-state index is 12.8. The monoisotopic (exact) mass is 445 g/mol. The Kier molecular flexibility index (Phi) is 5.24. The highest BCUT2D eigenvalue weighted by Gasteiger charge is 2.25. The Morgan fingerprint density at radius 1 is 0.969 bits per heavy atom. The topological polar surface area (TPSA) is 92.5 Å². The first-order valence-corrected chi connectivity index (χ1v) is 11.0. The van der Waals surface area contributed by atoms with Crippen molar-refractivity contribution in [3.63, 3.8) is 0 Å². The summed E-state index contributed by atoms with van der Waals surface area (Å²) in [4.78, 5) is 38.2. The molecule has 5 rings (SSSR count). The van der Waals surface area contributed by atoms with E-state index in [1.807, 2.05) is 18.2 Å². The van der Waals surface area contributed by atoms with Crippen molar-refractivity contribution in [3.8, 4) is 10.4 Å². The molecule has 3 heterocycles. The van der Waals surface area contributed by atoms with Crippen LogP contribution in [0, 0.1) is 10.1 Å². The number of anilines is 1. The molecule has 1 amide bonds. The minimum atomic E-state index is -0.469. The molecule has 0 unspecified atom stereocenters. The van der Waals surface area contributed by atoms with Gasteiger partial charge in [0.2, 0.25) is 0 Å². The average molecular weight is 446 g/mol. The van der Waals surface area contributed by atoms with Gasteiger partial charge in [0.05, 0.1) is 10.3 Å². The molecule has 8 nitrogen and oxygen atoms in total. The highest BCUT2D eigenvalue weighted by molar-refractivity contribution is 7.21. The Labute approximate surface area is 187 Å². The number of piperazine rings is 1. The number of nitrogens with zero attached hydrogens (tertiary/aromatic N) is 5. The third-order valence-electron chi connectivity index (χ3n) is 5.56. The van der Waals surface area contributed by atoms with E-state index in [1.165, 1.54) is 24.3 Å². The number of amides is 1. The van der Waals surface area contributed by atoms with Crippen molar-refractivity contribution in [1.82, 2.24) is 14.9 Å². The van der Waals surface area contributed by atoms with E-state index in [2.05, 4.69) is 33.1 Å². The second-order valence-electron chi connectivity index (χ2n) is 7.48. The summed E-state index contributed by atoms with van der Waals surface area (Å²) in [5.41, 5.74) is 1.59. The lowest BCUT2D eigenvalue weighted by molar-refractivity contribution is -0.384. The van der Waals surface area contributed by atoms with Gasteiger partial charge in [-0.3, -0.25) is 14.9 Å². The number of nitro benzene ring substituents is 1. The minimum Gasteiger partial charge on any atom is -0.352 e. The van der Waals surface area contributed by atoms with Gasteiger partial charge in [-0.15, -0.1) is 11.3 Å². The van der Waals surface area contributed by atoms with Gasteiger partial charge in [0.1, 0.15) is 17.0 Å². The second kappa shape index (κ2) is 8.35. The van der Waals surface area contributed by atoms with Gasteiger partial charge in [-0.1, -0.05) is 30.3 Å². The Hall–Kier alpha value is -3.85. The molecule has 2 aromatic carbocycles. The number of carbonyl (C=O) groups excluding carboxylic acids is 1. The number of non-ortho nitro benzene ring substituents is 1. The lowest BCUT2D eigenvalue weighted by atomic mass is 10.1. The van der Waals surface area contributed by atoms with E-state index >= 15 is 0 Å². The highest BCUT2D eigenvalue weighted by atomic mass is 32.1. The summed E-state index contributed by atoms with van der Waals surface area (Å²) in [6.45, 7) is 2.41. The van der Waals surface area contributed by atoms with Crippen molar-refractivity contribution in [2.75, 3.05) is 31.1 Å². The quantitative estimate of drug-likeness (QED) is 0.345. The fourth-order valence-electron chi connectivity index (χ4n) is 3.87. The van der Waals surface area contributed by atoms with E-state index in [1.54, 1.807) is 22.6 Å². The van der Waals surface area contributed by atoms with E-state index in [-0.39, 0.29) is 11.6 Å². The van der Waals surface area contributed by atoms with E-state index in [4.69, 9.17) is 0 Å². The van der Waals surface area contributed by atoms with E-state index in [9.17, 15) is 14.9 Å². The van der Waals surface area contributed by atoms with Crippen LogP contribution >= 0.6 is 11.3 Å². The molecule has 2 aromatic heterocycles. The molecule has 9 heteroatoms. The molecule has 4 aromatic rings. The summed E-state index contributed by atoms with van der Waals surface area (Å²) in [7, 11) is 0. The van der Waals surface area contributed by atoms with Gasteiger partial charge >= 0.3 is 0 Å². The lowest BCUT2D eigenvalue weighted by Crippen LogP contribution is -2.49. The number of rotatable bonds is 4. The first-order chi connectivity index (χ1) is 15.6. The van der Waals surface area contributed by atoms with Crippen molar-refractivity contribution in [3.05, 3.63) is 82.7 Å². The minimum absolute atomic E-state index is 0.0233. The maximum atomic E-state index is 12.8. The van der Waals surface area contributed by atoms with Crippen LogP contribution in [0.5, 0.6) is 0 Å². The normalized spacial score (nSPS) is 14.0. The molecule has 1 aliphatic rings. The first kappa shape index (κ1) is 20.1. The molecule has 0 radical (unpaired) electrons. The molecule has 0 bridgehead atoms. The van der Waals surface area contributed by atoms with Crippen LogP contribution in [0.3, 0.4) is 0 Å². The smallest absolute Gasteiger partial charge is 0.269 e. The number of thiophene rings is 1. The van der Waals surface area contributed by atoms with Crippen LogP contribution in [0.15, 0.2) is 67.0 Å². The Bertz CT molecular complexity index is 1280. The van der Waals surface area contributed by atoms with Crippen LogP contribution in [0.4, 0.5) is 11.5 Å². The third-order valence-corrected chi connectivity index (χ3v) is 6.65. The van der Waals surface area contributed by atoms with Crippen LogP contribution in [-0.4, -0.2) is 51.9 Å². The van der Waals surface area contributed by atoms with Gasteiger partial charge in [0.25, 0.3) is 11.6 Å². The Balaban J connectivity index is 1.32. The van der Waals surface area contributed by atoms with Crippen molar-refractivity contribution in [1.29, 1.82) is 0 Å². The molecule has 1 aliphatic heterocycles. The van der Waals surface area contributed by atoms with Gasteiger partial charge in [-0.05, 0) is 23.8 Å².